The molecule has 2 aromatic heterocycles. The number of ether oxygens (including phenoxy) is 2. The van der Waals surface area contributed by atoms with E-state index in [4.69, 9.17) is 21.1 Å². The highest BCUT2D eigenvalue weighted by Crippen LogP contribution is 2.37. The summed E-state index contributed by atoms with van der Waals surface area (Å²) < 4.78 is 10.8. The van der Waals surface area contributed by atoms with Crippen LogP contribution in [0.4, 0.5) is 0 Å². The molecule has 0 fully saturated rings. The van der Waals surface area contributed by atoms with E-state index in [2.05, 4.69) is 25.9 Å². The highest BCUT2D eigenvalue weighted by atomic mass is 79.9. The molecule has 0 saturated carbocycles. The van der Waals surface area contributed by atoms with Crippen LogP contribution in [0.1, 0.15) is 10.4 Å². The number of carbonyl (C=O) groups excluding carboxylic acids is 1. The van der Waals surface area contributed by atoms with Gasteiger partial charge in [0.05, 0.1) is 24.8 Å². The molecule has 0 bridgehead atoms. The summed E-state index contributed by atoms with van der Waals surface area (Å²) in [6.07, 6.45) is 1.60. The molecule has 0 unspecified atom stereocenters. The van der Waals surface area contributed by atoms with E-state index >= 15 is 0 Å². The molecular formula is C16H12BrClN2O3. The van der Waals surface area contributed by atoms with Crippen LogP contribution >= 0.6 is 27.5 Å². The van der Waals surface area contributed by atoms with Gasteiger partial charge in [-0.15, -0.1) is 0 Å². The summed E-state index contributed by atoms with van der Waals surface area (Å²) in [5, 5.41) is 1.25. The van der Waals surface area contributed by atoms with Gasteiger partial charge < -0.3 is 14.5 Å². The van der Waals surface area contributed by atoms with Crippen molar-refractivity contribution >= 4 is 44.4 Å². The monoisotopic (exact) mass is 394 g/mol. The molecule has 1 aromatic carbocycles. The number of carbonyl (C=O) groups is 1. The smallest absolute Gasteiger partial charge is 0.340 e. The first-order valence-electron chi connectivity index (χ1n) is 6.65. The number of H-pyrrole nitrogens is 1. The van der Waals surface area contributed by atoms with Gasteiger partial charge in [0.15, 0.2) is 0 Å². The fraction of sp³-hybridized carbons (Fsp3) is 0.125. The second-order valence-electron chi connectivity index (χ2n) is 4.76. The molecule has 0 radical (unpaired) electrons. The van der Waals surface area contributed by atoms with Gasteiger partial charge in [-0.05, 0) is 40.2 Å². The Morgan fingerprint density at radius 1 is 1.26 bits per heavy atom. The molecule has 5 nitrogen and oxygen atoms in total. The van der Waals surface area contributed by atoms with E-state index in [9.17, 15) is 4.79 Å². The van der Waals surface area contributed by atoms with Crippen molar-refractivity contribution < 1.29 is 14.3 Å². The molecule has 118 valence electrons. The van der Waals surface area contributed by atoms with Gasteiger partial charge in [0.2, 0.25) is 5.88 Å². The Labute approximate surface area is 145 Å². The number of benzene rings is 1. The number of aromatic amines is 1. The van der Waals surface area contributed by atoms with E-state index < -0.39 is 5.97 Å². The van der Waals surface area contributed by atoms with Crippen LogP contribution in [-0.4, -0.2) is 30.2 Å². The van der Waals surface area contributed by atoms with Crippen LogP contribution in [0.5, 0.6) is 5.88 Å². The number of fused-ring (bicyclic) bond motifs is 1. The van der Waals surface area contributed by atoms with Crippen molar-refractivity contribution in [1.82, 2.24) is 9.97 Å². The molecule has 0 amide bonds. The van der Waals surface area contributed by atoms with Gasteiger partial charge in [0, 0.05) is 28.2 Å². The number of aromatic nitrogens is 2. The SMILES string of the molecule is COC(=O)c1c[nH]c2cc(Cl)c(-c3ccc(Br)nc3OC)cc12. The fourth-order valence-electron chi connectivity index (χ4n) is 2.41. The number of rotatable bonds is 3. The quantitative estimate of drug-likeness (QED) is 0.526. The largest absolute Gasteiger partial charge is 0.481 e. The normalized spacial score (nSPS) is 10.8. The zero-order valence-corrected chi connectivity index (χ0v) is 14.7. The van der Waals surface area contributed by atoms with E-state index in [1.807, 2.05) is 12.1 Å². The van der Waals surface area contributed by atoms with E-state index in [1.54, 1.807) is 25.4 Å². The molecule has 0 spiro atoms. The number of halogens is 2. The van der Waals surface area contributed by atoms with Crippen LogP contribution in [0.2, 0.25) is 5.02 Å². The van der Waals surface area contributed by atoms with Gasteiger partial charge in [-0.2, -0.15) is 0 Å². The first kappa shape index (κ1) is 15.8. The number of nitrogens with zero attached hydrogens (tertiary/aromatic N) is 1. The summed E-state index contributed by atoms with van der Waals surface area (Å²) in [5.74, 6) is 0.0289. The number of esters is 1. The van der Waals surface area contributed by atoms with Gasteiger partial charge in [0.1, 0.15) is 4.60 Å². The minimum atomic E-state index is -0.412. The molecule has 0 aliphatic rings. The average molecular weight is 396 g/mol. The summed E-state index contributed by atoms with van der Waals surface area (Å²) >= 11 is 9.71. The van der Waals surface area contributed by atoms with Gasteiger partial charge in [-0.25, -0.2) is 9.78 Å². The fourth-order valence-corrected chi connectivity index (χ4v) is 2.97. The van der Waals surface area contributed by atoms with E-state index in [-0.39, 0.29) is 0 Å². The maximum absolute atomic E-state index is 11.9. The standard InChI is InChI=1S/C16H12BrClN2O3/c1-22-15-8(3-4-14(17)20-15)9-5-10-11(16(21)23-2)7-19-13(10)6-12(9)18/h3-7,19H,1-2H3. The molecule has 0 aliphatic carbocycles. The van der Waals surface area contributed by atoms with Crippen LogP contribution in [0.15, 0.2) is 35.1 Å². The molecule has 23 heavy (non-hydrogen) atoms. The lowest BCUT2D eigenvalue weighted by molar-refractivity contribution is 0.0603. The maximum atomic E-state index is 11.9. The Hall–Kier alpha value is -2.05. The van der Waals surface area contributed by atoms with Crippen molar-refractivity contribution in [1.29, 1.82) is 0 Å². The summed E-state index contributed by atoms with van der Waals surface area (Å²) in [6.45, 7) is 0. The molecular weight excluding hydrogens is 384 g/mol. The van der Waals surface area contributed by atoms with Crippen LogP contribution in [-0.2, 0) is 4.74 Å². The predicted octanol–water partition coefficient (Wildman–Crippen LogP) is 4.44. The zero-order chi connectivity index (χ0) is 16.6. The van der Waals surface area contributed by atoms with Gasteiger partial charge in [-0.3, -0.25) is 0 Å². The van der Waals surface area contributed by atoms with Gasteiger partial charge >= 0.3 is 5.97 Å². The van der Waals surface area contributed by atoms with Crippen molar-refractivity contribution in [3.05, 3.63) is 45.7 Å². The van der Waals surface area contributed by atoms with Gasteiger partial charge in [0.25, 0.3) is 0 Å². The zero-order valence-electron chi connectivity index (χ0n) is 12.3. The van der Waals surface area contributed by atoms with Crippen molar-refractivity contribution in [2.24, 2.45) is 0 Å². The minimum absolute atomic E-state index is 0.412. The molecule has 7 heteroatoms. The van der Waals surface area contributed by atoms with E-state index in [1.165, 1.54) is 7.11 Å². The first-order chi connectivity index (χ1) is 11.0. The third kappa shape index (κ3) is 2.80. The number of methoxy groups -OCH3 is 2. The first-order valence-corrected chi connectivity index (χ1v) is 7.82. The average Bonchev–Trinajstić information content (AvgIpc) is 2.96. The van der Waals surface area contributed by atoms with Crippen LogP contribution in [0, 0.1) is 0 Å². The highest BCUT2D eigenvalue weighted by molar-refractivity contribution is 9.10. The Morgan fingerprint density at radius 3 is 2.74 bits per heavy atom. The van der Waals surface area contributed by atoms with E-state index in [0.29, 0.717) is 21.1 Å². The molecule has 0 atom stereocenters. The summed E-state index contributed by atoms with van der Waals surface area (Å²) in [4.78, 5) is 19.2. The van der Waals surface area contributed by atoms with Crippen LogP contribution < -0.4 is 4.74 Å². The summed E-state index contributed by atoms with van der Waals surface area (Å²) in [5.41, 5.74) is 2.66. The minimum Gasteiger partial charge on any atom is -0.481 e. The number of pyridine rings is 1. The van der Waals surface area contributed by atoms with Crippen molar-refractivity contribution in [3.63, 3.8) is 0 Å². The molecule has 2 heterocycles. The van der Waals surface area contributed by atoms with Crippen molar-refractivity contribution in [3.8, 4) is 17.0 Å². The third-order valence-corrected chi connectivity index (χ3v) is 4.24. The number of hydrogen-bond acceptors (Lipinski definition) is 4. The molecule has 0 saturated heterocycles. The molecule has 3 aromatic rings. The second-order valence-corrected chi connectivity index (χ2v) is 5.98. The second kappa shape index (κ2) is 6.22. The third-order valence-electron chi connectivity index (χ3n) is 3.48. The molecule has 3 rings (SSSR count). The lowest BCUT2D eigenvalue weighted by Gasteiger charge is -2.10. The van der Waals surface area contributed by atoms with Gasteiger partial charge in [-0.1, -0.05) is 11.6 Å². The maximum Gasteiger partial charge on any atom is 0.340 e. The lowest BCUT2D eigenvalue weighted by Crippen LogP contribution is -1.99. The molecule has 0 aliphatic heterocycles. The Balaban J connectivity index is 2.25. The number of hydrogen-bond donors (Lipinski definition) is 1. The predicted molar refractivity (Wildman–Crippen MR) is 92.1 cm³/mol. The Bertz CT molecular complexity index is 908. The highest BCUT2D eigenvalue weighted by Gasteiger charge is 2.17. The van der Waals surface area contributed by atoms with Crippen molar-refractivity contribution in [2.75, 3.05) is 14.2 Å². The van der Waals surface area contributed by atoms with Crippen molar-refractivity contribution in [2.45, 2.75) is 0 Å². The van der Waals surface area contributed by atoms with Crippen LogP contribution in [0.25, 0.3) is 22.0 Å². The Morgan fingerprint density at radius 2 is 2.04 bits per heavy atom. The number of nitrogens with one attached hydrogen (secondary N) is 1. The summed E-state index contributed by atoms with van der Waals surface area (Å²) in [7, 11) is 2.89. The summed E-state index contributed by atoms with van der Waals surface area (Å²) in [6, 6.07) is 7.25. The Kier molecular flexibility index (Phi) is 4.28. The van der Waals surface area contributed by atoms with E-state index in [0.717, 1.165) is 22.0 Å². The molecule has 1 N–H and O–H groups in total. The van der Waals surface area contributed by atoms with Crippen LogP contribution in [0.3, 0.4) is 0 Å². The lowest BCUT2D eigenvalue weighted by atomic mass is 10.0. The topological polar surface area (TPSA) is 64.2 Å².